The molecule has 0 amide bonds. The van der Waals surface area contributed by atoms with Crippen molar-refractivity contribution in [2.75, 3.05) is 79.2 Å². The van der Waals surface area contributed by atoms with Gasteiger partial charge in [0.15, 0.2) is 5.96 Å². The van der Waals surface area contributed by atoms with Crippen LogP contribution in [0.25, 0.3) is 0 Å². The maximum absolute atomic E-state index is 5.78. The second kappa shape index (κ2) is 15.7. The normalized spacial score (nSPS) is 22.3. The largest absolute Gasteiger partial charge is 0.379 e. The number of likely N-dealkylation sites (N-methyl/N-ethyl adjacent to an activating group) is 1. The van der Waals surface area contributed by atoms with Gasteiger partial charge in [-0.2, -0.15) is 0 Å². The summed E-state index contributed by atoms with van der Waals surface area (Å²) in [5.74, 6) is 0.923. The lowest BCUT2D eigenvalue weighted by Crippen LogP contribution is -2.39. The van der Waals surface area contributed by atoms with Crippen molar-refractivity contribution >= 4 is 29.9 Å². The predicted octanol–water partition coefficient (Wildman–Crippen LogP) is 1.38. The molecule has 1 atom stereocenters. The molecule has 0 aromatic heterocycles. The van der Waals surface area contributed by atoms with E-state index in [-0.39, 0.29) is 24.0 Å². The number of nitrogens with one attached hydrogen (secondary N) is 2. The first-order chi connectivity index (χ1) is 12.8. The van der Waals surface area contributed by atoms with Crippen LogP contribution in [0.1, 0.15) is 32.6 Å². The van der Waals surface area contributed by atoms with Crippen LogP contribution in [-0.4, -0.2) is 101 Å². The van der Waals surface area contributed by atoms with Gasteiger partial charge < -0.3 is 29.9 Å². The maximum atomic E-state index is 5.78. The van der Waals surface area contributed by atoms with Crippen molar-refractivity contribution in [3.05, 3.63) is 0 Å². The molecule has 2 aliphatic heterocycles. The molecular formula is C19H40IN5O2. The predicted molar refractivity (Wildman–Crippen MR) is 122 cm³/mol. The first kappa shape index (κ1) is 24.9. The van der Waals surface area contributed by atoms with Crippen molar-refractivity contribution in [1.29, 1.82) is 0 Å². The second-order valence-electron chi connectivity index (χ2n) is 7.25. The summed E-state index contributed by atoms with van der Waals surface area (Å²) in [6.07, 6.45) is 4.71. The van der Waals surface area contributed by atoms with Crippen molar-refractivity contribution in [2.24, 2.45) is 4.99 Å². The van der Waals surface area contributed by atoms with Crippen LogP contribution in [0.15, 0.2) is 4.99 Å². The third-order valence-corrected chi connectivity index (χ3v) is 4.91. The molecule has 1 unspecified atom stereocenters. The van der Waals surface area contributed by atoms with Gasteiger partial charge in [0.25, 0.3) is 0 Å². The third kappa shape index (κ3) is 11.4. The number of aliphatic imine (C=N–C) groups is 1. The van der Waals surface area contributed by atoms with Gasteiger partial charge in [0.05, 0.1) is 12.7 Å². The molecule has 0 aliphatic carbocycles. The van der Waals surface area contributed by atoms with E-state index in [0.717, 1.165) is 71.2 Å². The zero-order chi connectivity index (χ0) is 18.5. The van der Waals surface area contributed by atoms with Crippen LogP contribution >= 0.6 is 24.0 Å². The zero-order valence-corrected chi connectivity index (χ0v) is 19.6. The number of halogens is 1. The van der Waals surface area contributed by atoms with Crippen LogP contribution < -0.4 is 10.6 Å². The van der Waals surface area contributed by atoms with Crippen LogP contribution in [0.2, 0.25) is 0 Å². The minimum atomic E-state index is 0. The van der Waals surface area contributed by atoms with Gasteiger partial charge in [-0.1, -0.05) is 0 Å². The molecular weight excluding hydrogens is 457 g/mol. The smallest absolute Gasteiger partial charge is 0.191 e. The van der Waals surface area contributed by atoms with Crippen molar-refractivity contribution in [3.63, 3.8) is 0 Å². The van der Waals surface area contributed by atoms with E-state index in [1.807, 2.05) is 0 Å². The lowest BCUT2D eigenvalue weighted by molar-refractivity contribution is 0.0424. The number of nitrogens with zero attached hydrogens (tertiary/aromatic N) is 3. The highest BCUT2D eigenvalue weighted by Gasteiger charge is 2.15. The fourth-order valence-corrected chi connectivity index (χ4v) is 3.32. The molecule has 8 heteroatoms. The molecule has 27 heavy (non-hydrogen) atoms. The molecule has 2 fully saturated rings. The molecule has 0 saturated carbocycles. The standard InChI is InChI=1S/C19H39N5O2.HI/c1-3-20-19(22-9-5-15-26-18-7-16-25-17-18)21-8-4-11-24-12-6-10-23(2)13-14-24;/h18H,3-17H2,1-2H3,(H2,20,21,22);1H. The van der Waals surface area contributed by atoms with Gasteiger partial charge in [0.2, 0.25) is 0 Å². The minimum Gasteiger partial charge on any atom is -0.379 e. The van der Waals surface area contributed by atoms with Crippen molar-refractivity contribution < 1.29 is 9.47 Å². The lowest BCUT2D eigenvalue weighted by Gasteiger charge is -2.20. The summed E-state index contributed by atoms with van der Waals surface area (Å²) in [5.41, 5.74) is 0. The van der Waals surface area contributed by atoms with Crippen LogP contribution in [0.5, 0.6) is 0 Å². The molecule has 2 N–H and O–H groups in total. The fourth-order valence-electron chi connectivity index (χ4n) is 3.32. The van der Waals surface area contributed by atoms with Crippen molar-refractivity contribution in [2.45, 2.75) is 38.7 Å². The summed E-state index contributed by atoms with van der Waals surface area (Å²) in [5, 5.41) is 6.78. The highest BCUT2D eigenvalue weighted by atomic mass is 127. The Labute approximate surface area is 182 Å². The van der Waals surface area contributed by atoms with E-state index in [9.17, 15) is 0 Å². The van der Waals surface area contributed by atoms with E-state index in [1.54, 1.807) is 0 Å². The molecule has 0 bridgehead atoms. The van der Waals surface area contributed by atoms with Gasteiger partial charge in [-0.15, -0.1) is 24.0 Å². The number of rotatable bonds is 10. The summed E-state index contributed by atoms with van der Waals surface area (Å²) in [6.45, 7) is 13.1. The van der Waals surface area contributed by atoms with E-state index >= 15 is 0 Å². The molecule has 2 heterocycles. The van der Waals surface area contributed by atoms with Crippen molar-refractivity contribution in [3.8, 4) is 0 Å². The van der Waals surface area contributed by atoms with E-state index in [2.05, 4.69) is 39.4 Å². The molecule has 2 saturated heterocycles. The Bertz CT molecular complexity index is 394. The van der Waals surface area contributed by atoms with Crippen LogP contribution in [0.4, 0.5) is 0 Å². The van der Waals surface area contributed by atoms with E-state index in [1.165, 1.54) is 32.6 Å². The van der Waals surface area contributed by atoms with E-state index < -0.39 is 0 Å². The summed E-state index contributed by atoms with van der Waals surface area (Å²) in [4.78, 5) is 9.66. The van der Waals surface area contributed by atoms with Gasteiger partial charge in [-0.05, 0) is 59.3 Å². The maximum Gasteiger partial charge on any atom is 0.191 e. The Morgan fingerprint density at radius 1 is 1.19 bits per heavy atom. The van der Waals surface area contributed by atoms with Gasteiger partial charge in [-0.3, -0.25) is 4.99 Å². The van der Waals surface area contributed by atoms with Crippen molar-refractivity contribution in [1.82, 2.24) is 20.4 Å². The fraction of sp³-hybridized carbons (Fsp3) is 0.947. The van der Waals surface area contributed by atoms with E-state index in [0.29, 0.717) is 6.10 Å². The molecule has 0 aromatic rings. The Balaban J connectivity index is 0.00000364. The Kier molecular flexibility index (Phi) is 14.5. The Hall–Kier alpha value is -0.160. The minimum absolute atomic E-state index is 0. The molecule has 0 radical (unpaired) electrons. The van der Waals surface area contributed by atoms with Gasteiger partial charge in [-0.25, -0.2) is 0 Å². The van der Waals surface area contributed by atoms with Crippen LogP contribution in [0, 0.1) is 0 Å². The molecule has 7 nitrogen and oxygen atoms in total. The third-order valence-electron chi connectivity index (χ3n) is 4.91. The van der Waals surface area contributed by atoms with Crippen LogP contribution in [0.3, 0.4) is 0 Å². The molecule has 160 valence electrons. The first-order valence-electron chi connectivity index (χ1n) is 10.4. The number of guanidine groups is 1. The molecule has 0 spiro atoms. The number of hydrogen-bond donors (Lipinski definition) is 2. The van der Waals surface area contributed by atoms with Gasteiger partial charge in [0, 0.05) is 45.9 Å². The Morgan fingerprint density at radius 3 is 2.85 bits per heavy atom. The van der Waals surface area contributed by atoms with E-state index in [4.69, 9.17) is 9.47 Å². The van der Waals surface area contributed by atoms with Crippen LogP contribution in [-0.2, 0) is 9.47 Å². The van der Waals surface area contributed by atoms with Gasteiger partial charge >= 0.3 is 0 Å². The summed E-state index contributed by atoms with van der Waals surface area (Å²) < 4.78 is 11.1. The van der Waals surface area contributed by atoms with Gasteiger partial charge in [0.1, 0.15) is 0 Å². The average Bonchev–Trinajstić information content (AvgIpc) is 3.07. The zero-order valence-electron chi connectivity index (χ0n) is 17.3. The topological polar surface area (TPSA) is 61.4 Å². The highest BCUT2D eigenvalue weighted by Crippen LogP contribution is 2.08. The second-order valence-corrected chi connectivity index (χ2v) is 7.25. The monoisotopic (exact) mass is 497 g/mol. The molecule has 2 rings (SSSR count). The number of hydrogen-bond acceptors (Lipinski definition) is 5. The molecule has 2 aliphatic rings. The number of ether oxygens (including phenoxy) is 2. The average molecular weight is 497 g/mol. The first-order valence-corrected chi connectivity index (χ1v) is 10.4. The SMILES string of the molecule is CCNC(=NCCCOC1CCOC1)NCCCN1CCCN(C)CC1.I. The quantitative estimate of drug-likeness (QED) is 0.206. The molecule has 0 aromatic carbocycles. The Morgan fingerprint density at radius 2 is 2.07 bits per heavy atom. The summed E-state index contributed by atoms with van der Waals surface area (Å²) in [7, 11) is 2.22. The summed E-state index contributed by atoms with van der Waals surface area (Å²) in [6, 6.07) is 0. The lowest BCUT2D eigenvalue weighted by atomic mass is 10.3. The highest BCUT2D eigenvalue weighted by molar-refractivity contribution is 14.0. The summed E-state index contributed by atoms with van der Waals surface area (Å²) >= 11 is 0.